The average Bonchev–Trinajstić information content (AvgIpc) is 2.75. The van der Waals surface area contributed by atoms with Crippen molar-refractivity contribution >= 4 is 0 Å². The Morgan fingerprint density at radius 3 is 2.07 bits per heavy atom. The lowest BCUT2D eigenvalue weighted by atomic mass is 10.6. The van der Waals surface area contributed by atoms with Crippen LogP contribution in [-0.2, 0) is 0 Å². The number of aromatic nitrogens is 8. The van der Waals surface area contributed by atoms with Gasteiger partial charge in [0.2, 0.25) is 5.82 Å². The molecule has 0 bridgehead atoms. The Labute approximate surface area is 83.2 Å². The van der Waals surface area contributed by atoms with Crippen LogP contribution < -0.4 is 5.32 Å². The largest absolute Gasteiger partial charge is 0.787 e. The van der Waals surface area contributed by atoms with Gasteiger partial charge in [-0.05, 0) is 20.9 Å². The predicted molar refractivity (Wildman–Crippen MR) is 44.4 cm³/mol. The molecule has 82 valence electrons. The van der Waals surface area contributed by atoms with E-state index in [1.165, 1.54) is 0 Å². The molecule has 11 nitrogen and oxygen atoms in total. The molecule has 0 amide bonds. The van der Waals surface area contributed by atoms with Crippen molar-refractivity contribution in [1.82, 2.24) is 40.7 Å². The van der Waals surface area contributed by atoms with Gasteiger partial charge in [-0.2, -0.15) is 0 Å². The monoisotopic (exact) mass is 215 g/mol. The van der Waals surface area contributed by atoms with Crippen LogP contribution >= 0.6 is 0 Å². The summed E-state index contributed by atoms with van der Waals surface area (Å²) in [4.78, 5) is 0.401. The van der Waals surface area contributed by atoms with Crippen molar-refractivity contribution in [2.45, 2.75) is 0 Å². The van der Waals surface area contributed by atoms with Crippen molar-refractivity contribution in [3.8, 4) is 11.6 Å². The minimum Gasteiger partial charge on any atom is -0.787 e. The van der Waals surface area contributed by atoms with Crippen LogP contribution in [0.5, 0.6) is 0 Å². The van der Waals surface area contributed by atoms with E-state index in [9.17, 15) is 5.21 Å². The van der Waals surface area contributed by atoms with E-state index < -0.39 is 0 Å². The van der Waals surface area contributed by atoms with Gasteiger partial charge in [0, 0.05) is 0 Å². The van der Waals surface area contributed by atoms with Gasteiger partial charge < -0.3 is 15.7 Å². The minimum absolute atomic E-state index is 0.0956. The first kappa shape index (κ1) is 10.8. The molecular formula is C4H9N9O2. The first-order valence-corrected chi connectivity index (χ1v) is 3.88. The summed E-state index contributed by atoms with van der Waals surface area (Å²) in [7, 11) is 4.00. The van der Waals surface area contributed by atoms with E-state index in [1.54, 1.807) is 0 Å². The summed E-state index contributed by atoms with van der Waals surface area (Å²) in [5, 5.41) is 40.4. The number of rotatable bonds is 1. The zero-order valence-corrected chi connectivity index (χ0v) is 8.01. The van der Waals surface area contributed by atoms with E-state index >= 15 is 0 Å². The normalized spacial score (nSPS) is 9.47. The third kappa shape index (κ3) is 2.34. The van der Waals surface area contributed by atoms with E-state index in [0.29, 0.717) is 4.85 Å². The standard InChI is InChI=1S/C2HN8O2.C2H7N/c11-9-1(3-5-7-9)2-4-6-8-10(2)12;1-3-2/h11H;3H,1-2H3/q-1;/p+1. The summed E-state index contributed by atoms with van der Waals surface area (Å²) in [5.41, 5.74) is 0. The van der Waals surface area contributed by atoms with Crippen LogP contribution in [0, 0.1) is 5.21 Å². The van der Waals surface area contributed by atoms with E-state index in [0.717, 1.165) is 0 Å². The van der Waals surface area contributed by atoms with Crippen LogP contribution in [0.2, 0.25) is 0 Å². The maximum absolute atomic E-state index is 10.7. The minimum atomic E-state index is -0.262. The summed E-state index contributed by atoms with van der Waals surface area (Å²) in [6, 6.07) is 0. The van der Waals surface area contributed by atoms with Crippen molar-refractivity contribution < 1.29 is 10.5 Å². The molecule has 2 aromatic heterocycles. The molecule has 0 spiro atoms. The van der Waals surface area contributed by atoms with Crippen LogP contribution in [0.15, 0.2) is 0 Å². The summed E-state index contributed by atoms with van der Waals surface area (Å²) >= 11 is 0. The van der Waals surface area contributed by atoms with Gasteiger partial charge in [-0.15, -0.1) is 10.2 Å². The molecule has 0 aliphatic rings. The van der Waals surface area contributed by atoms with E-state index in [4.69, 9.17) is 5.21 Å². The third-order valence-electron chi connectivity index (χ3n) is 1.10. The molecule has 2 rings (SSSR count). The second kappa shape index (κ2) is 4.80. The molecule has 0 fully saturated rings. The van der Waals surface area contributed by atoms with Crippen LogP contribution in [-0.4, -0.2) is 60.0 Å². The first-order valence-electron chi connectivity index (χ1n) is 3.88. The molecule has 0 radical (unpaired) electrons. The lowest BCUT2D eigenvalue weighted by molar-refractivity contribution is -0.597. The van der Waals surface area contributed by atoms with Gasteiger partial charge in [0.15, 0.2) is 0 Å². The zero-order chi connectivity index (χ0) is 11.3. The summed E-state index contributed by atoms with van der Waals surface area (Å²) in [6.45, 7) is 0. The van der Waals surface area contributed by atoms with E-state index in [2.05, 4.69) is 31.1 Å². The van der Waals surface area contributed by atoms with Crippen molar-refractivity contribution in [2.24, 2.45) is 0 Å². The Kier molecular flexibility index (Phi) is 3.45. The van der Waals surface area contributed by atoms with Gasteiger partial charge in [0.25, 0.3) is 5.82 Å². The molecule has 2 heterocycles. The zero-order valence-electron chi connectivity index (χ0n) is 8.01. The van der Waals surface area contributed by atoms with Gasteiger partial charge in [-0.3, -0.25) is 4.85 Å². The fourth-order valence-electron chi connectivity index (χ4n) is 0.626. The number of hydrogen-bond acceptors (Lipinski definition) is 8. The smallest absolute Gasteiger partial charge is 0.260 e. The Morgan fingerprint density at radius 1 is 1.13 bits per heavy atom. The first-order chi connectivity index (χ1) is 7.20. The van der Waals surface area contributed by atoms with Crippen LogP contribution in [0.25, 0.3) is 11.6 Å². The molecular weight excluding hydrogens is 206 g/mol. The number of quaternary nitrogens is 1. The maximum Gasteiger partial charge on any atom is 0.260 e. The Balaban J connectivity index is 0.000000337. The molecule has 15 heavy (non-hydrogen) atoms. The lowest BCUT2D eigenvalue weighted by Gasteiger charge is -2.02. The number of nitrogens with two attached hydrogens (primary N) is 1. The summed E-state index contributed by atoms with van der Waals surface area (Å²) in [5.74, 6) is -0.475. The molecule has 3 N–H and O–H groups in total. The van der Waals surface area contributed by atoms with Crippen molar-refractivity contribution in [2.75, 3.05) is 14.1 Å². The van der Waals surface area contributed by atoms with Crippen molar-refractivity contribution in [1.29, 1.82) is 0 Å². The van der Waals surface area contributed by atoms with E-state index in [-0.39, 0.29) is 16.5 Å². The van der Waals surface area contributed by atoms with E-state index in [1.807, 2.05) is 19.4 Å². The molecule has 0 aliphatic heterocycles. The van der Waals surface area contributed by atoms with Gasteiger partial charge in [0.05, 0.1) is 14.1 Å². The number of nitrogens with zero attached hydrogens (tertiary/aromatic N) is 8. The molecule has 11 heteroatoms. The van der Waals surface area contributed by atoms with Gasteiger partial charge >= 0.3 is 0 Å². The highest BCUT2D eigenvalue weighted by molar-refractivity contribution is 5.40. The highest BCUT2D eigenvalue weighted by Gasteiger charge is 2.12. The Morgan fingerprint density at radius 2 is 1.67 bits per heavy atom. The highest BCUT2D eigenvalue weighted by Crippen LogP contribution is 2.06. The van der Waals surface area contributed by atoms with Crippen LogP contribution in [0.3, 0.4) is 0 Å². The molecule has 0 atom stereocenters. The van der Waals surface area contributed by atoms with Gasteiger partial charge in [-0.1, -0.05) is 4.85 Å². The average molecular weight is 215 g/mol. The number of tetrazole rings is 2. The Hall–Kier alpha value is -2.30. The Bertz CT molecular complexity index is 369. The highest BCUT2D eigenvalue weighted by atomic mass is 16.5. The lowest BCUT2D eigenvalue weighted by Crippen LogP contribution is -2.74. The molecule has 0 unspecified atom stereocenters. The van der Waals surface area contributed by atoms with Crippen molar-refractivity contribution in [3.05, 3.63) is 5.21 Å². The van der Waals surface area contributed by atoms with Crippen LogP contribution in [0.1, 0.15) is 0 Å². The molecule has 2 aromatic rings. The van der Waals surface area contributed by atoms with Gasteiger partial charge in [0.1, 0.15) is 0 Å². The topological polar surface area (TPSA) is 147 Å². The second-order valence-corrected chi connectivity index (χ2v) is 2.34. The SMILES string of the molecule is C[NH2+]C.[O-]n1nnnc1-c1nnnn1O. The van der Waals surface area contributed by atoms with Crippen molar-refractivity contribution in [3.63, 3.8) is 0 Å². The summed E-state index contributed by atoms with van der Waals surface area (Å²) < 4.78 is 0. The van der Waals surface area contributed by atoms with Gasteiger partial charge in [-0.25, -0.2) is 0 Å². The molecule has 0 aromatic carbocycles. The fraction of sp³-hybridized carbons (Fsp3) is 0.500. The molecule has 0 aliphatic carbocycles. The molecule has 0 saturated carbocycles. The second-order valence-electron chi connectivity index (χ2n) is 2.34. The third-order valence-corrected chi connectivity index (χ3v) is 1.10. The fourth-order valence-corrected chi connectivity index (χ4v) is 0.626. The predicted octanol–water partition coefficient (Wildman–Crippen LogP) is -3.28. The maximum atomic E-state index is 10.7. The molecule has 0 saturated heterocycles. The number of hydrogen-bond donors (Lipinski definition) is 2. The summed E-state index contributed by atoms with van der Waals surface area (Å²) in [6.07, 6.45) is 0. The quantitative estimate of drug-likeness (QED) is 0.470. The van der Waals surface area contributed by atoms with Crippen LogP contribution in [0.4, 0.5) is 0 Å².